The highest BCUT2D eigenvalue weighted by Gasteiger charge is 2.08. The lowest BCUT2D eigenvalue weighted by Gasteiger charge is -2.18. The van der Waals surface area contributed by atoms with E-state index in [1.54, 1.807) is 13.1 Å². The summed E-state index contributed by atoms with van der Waals surface area (Å²) in [5, 5.41) is 3.61. The largest absolute Gasteiger partial charge is 0.359 e. The van der Waals surface area contributed by atoms with Gasteiger partial charge in [-0.3, -0.25) is 4.79 Å². The lowest BCUT2D eigenvalue weighted by Crippen LogP contribution is -2.27. The second-order valence-corrected chi connectivity index (χ2v) is 4.54. The third-order valence-corrected chi connectivity index (χ3v) is 2.93. The minimum atomic E-state index is 0.00194. The molecule has 0 radical (unpaired) electrons. The van der Waals surface area contributed by atoms with E-state index >= 15 is 0 Å². The predicted octanol–water partition coefficient (Wildman–Crippen LogP) is 1.42. The number of hydrogen-bond donors (Lipinski definition) is 1. The maximum atomic E-state index is 11.1. The number of hydrogen-bond acceptors (Lipinski definition) is 5. The van der Waals surface area contributed by atoms with Crippen LogP contribution in [0.25, 0.3) is 0 Å². The van der Waals surface area contributed by atoms with Crippen LogP contribution < -0.4 is 10.2 Å². The molecule has 1 N–H and O–H groups in total. The molecule has 0 saturated heterocycles. The van der Waals surface area contributed by atoms with Gasteiger partial charge in [0, 0.05) is 33.1 Å². The van der Waals surface area contributed by atoms with Crippen LogP contribution in [-0.2, 0) is 4.79 Å². The Bertz CT molecular complexity index is 402. The van der Waals surface area contributed by atoms with E-state index < -0.39 is 0 Å². The van der Waals surface area contributed by atoms with Crippen LogP contribution in [0, 0.1) is 0 Å². The fourth-order valence-electron chi connectivity index (χ4n) is 1.18. The number of halogens is 1. The predicted molar refractivity (Wildman–Crippen MR) is 70.8 cm³/mol. The minimum Gasteiger partial charge on any atom is -0.359 e. The molecule has 5 nitrogen and oxygen atoms in total. The molecule has 1 rings (SSSR count). The first-order chi connectivity index (χ1) is 8.06. The minimum absolute atomic E-state index is 0.00194. The van der Waals surface area contributed by atoms with Crippen LogP contribution >= 0.6 is 23.4 Å². The molecule has 1 heterocycles. The van der Waals surface area contributed by atoms with Crippen LogP contribution in [0.15, 0.2) is 11.2 Å². The fourth-order valence-corrected chi connectivity index (χ4v) is 1.78. The maximum absolute atomic E-state index is 11.1. The molecule has 0 bridgehead atoms. The zero-order valence-electron chi connectivity index (χ0n) is 10.0. The molecular weight excluding hydrogens is 260 g/mol. The molecule has 0 aliphatic heterocycles. The first kappa shape index (κ1) is 14.1. The van der Waals surface area contributed by atoms with E-state index in [1.165, 1.54) is 11.8 Å². The third kappa shape index (κ3) is 4.40. The Hall–Kier alpha value is -1.01. The van der Waals surface area contributed by atoms with Gasteiger partial charge in [-0.15, -0.1) is 0 Å². The summed E-state index contributed by atoms with van der Waals surface area (Å²) < 4.78 is 0. The van der Waals surface area contributed by atoms with Crippen molar-refractivity contribution >= 4 is 35.1 Å². The summed E-state index contributed by atoms with van der Waals surface area (Å²) in [5.41, 5.74) is 0. The Morgan fingerprint density at radius 1 is 1.59 bits per heavy atom. The summed E-state index contributed by atoms with van der Waals surface area (Å²) in [7, 11) is 3.49. The first-order valence-electron chi connectivity index (χ1n) is 5.07. The normalized spacial score (nSPS) is 10.1. The quantitative estimate of drug-likeness (QED) is 0.500. The Labute approximate surface area is 110 Å². The van der Waals surface area contributed by atoms with Gasteiger partial charge in [-0.1, -0.05) is 23.4 Å². The van der Waals surface area contributed by atoms with Crippen molar-refractivity contribution in [2.24, 2.45) is 0 Å². The number of amides is 1. The van der Waals surface area contributed by atoms with Gasteiger partial charge in [0.2, 0.25) is 5.91 Å². The molecular formula is C10H15ClN4OS. The summed E-state index contributed by atoms with van der Waals surface area (Å²) in [6.45, 7) is 0.584. The van der Waals surface area contributed by atoms with Crippen molar-refractivity contribution in [2.75, 3.05) is 31.8 Å². The molecule has 1 aromatic heterocycles. The molecule has 1 aromatic rings. The molecule has 17 heavy (non-hydrogen) atoms. The number of thioether (sulfide) groups is 1. The van der Waals surface area contributed by atoms with Gasteiger partial charge in [0.15, 0.2) is 5.16 Å². The van der Waals surface area contributed by atoms with Crippen LogP contribution in [0.4, 0.5) is 5.82 Å². The zero-order valence-corrected chi connectivity index (χ0v) is 11.6. The molecule has 0 unspecified atom stereocenters. The molecule has 7 heteroatoms. The number of nitrogens with one attached hydrogen (secondary N) is 1. The van der Waals surface area contributed by atoms with Gasteiger partial charge in [0.25, 0.3) is 0 Å². The van der Waals surface area contributed by atoms with Gasteiger partial charge in [-0.25, -0.2) is 9.97 Å². The molecule has 0 aliphatic carbocycles. The van der Waals surface area contributed by atoms with E-state index in [4.69, 9.17) is 11.6 Å². The van der Waals surface area contributed by atoms with Crippen molar-refractivity contribution in [3.05, 3.63) is 11.2 Å². The van der Waals surface area contributed by atoms with Crippen molar-refractivity contribution in [1.82, 2.24) is 15.3 Å². The highest BCUT2D eigenvalue weighted by atomic mass is 35.5. The summed E-state index contributed by atoms with van der Waals surface area (Å²) in [6.07, 6.45) is 2.31. The second kappa shape index (κ2) is 6.66. The van der Waals surface area contributed by atoms with Crippen LogP contribution in [0.2, 0.25) is 5.15 Å². The molecule has 94 valence electrons. The van der Waals surface area contributed by atoms with Crippen molar-refractivity contribution in [1.29, 1.82) is 0 Å². The molecule has 0 saturated carbocycles. The number of aromatic nitrogens is 2. The van der Waals surface area contributed by atoms with Gasteiger partial charge in [0.1, 0.15) is 11.0 Å². The SMILES string of the molecule is CNC(=O)CCN(C)c1cc(Cl)nc(SC)n1. The lowest BCUT2D eigenvalue weighted by molar-refractivity contribution is -0.120. The van der Waals surface area contributed by atoms with Crippen molar-refractivity contribution in [2.45, 2.75) is 11.6 Å². The average Bonchev–Trinajstić information content (AvgIpc) is 2.34. The van der Waals surface area contributed by atoms with E-state index in [9.17, 15) is 4.79 Å². The zero-order chi connectivity index (χ0) is 12.8. The highest BCUT2D eigenvalue weighted by molar-refractivity contribution is 7.98. The smallest absolute Gasteiger partial charge is 0.221 e. The number of nitrogens with zero attached hydrogens (tertiary/aromatic N) is 3. The van der Waals surface area contributed by atoms with Crippen LogP contribution in [0.3, 0.4) is 0 Å². The van der Waals surface area contributed by atoms with Gasteiger partial charge in [-0.2, -0.15) is 0 Å². The van der Waals surface area contributed by atoms with E-state index in [0.717, 1.165) is 5.82 Å². The monoisotopic (exact) mass is 274 g/mol. The molecule has 1 amide bonds. The topological polar surface area (TPSA) is 58.1 Å². The number of carbonyl (C=O) groups excluding carboxylic acids is 1. The Balaban J connectivity index is 2.71. The van der Waals surface area contributed by atoms with Crippen molar-refractivity contribution in [3.8, 4) is 0 Å². The molecule has 0 aliphatic rings. The highest BCUT2D eigenvalue weighted by Crippen LogP contribution is 2.19. The van der Waals surface area contributed by atoms with Crippen molar-refractivity contribution in [3.63, 3.8) is 0 Å². The van der Waals surface area contributed by atoms with E-state index in [2.05, 4.69) is 15.3 Å². The van der Waals surface area contributed by atoms with E-state index in [-0.39, 0.29) is 5.91 Å². The summed E-state index contributed by atoms with van der Waals surface area (Å²) in [6, 6.07) is 1.69. The van der Waals surface area contributed by atoms with E-state index in [1.807, 2.05) is 18.2 Å². The Morgan fingerprint density at radius 2 is 2.29 bits per heavy atom. The first-order valence-corrected chi connectivity index (χ1v) is 6.67. The molecule has 0 fully saturated rings. The number of anilines is 1. The summed E-state index contributed by atoms with van der Waals surface area (Å²) >= 11 is 7.32. The number of carbonyl (C=O) groups is 1. The summed E-state index contributed by atoms with van der Waals surface area (Å²) in [4.78, 5) is 21.4. The van der Waals surface area contributed by atoms with Gasteiger partial charge in [-0.05, 0) is 6.26 Å². The maximum Gasteiger partial charge on any atom is 0.221 e. The van der Waals surface area contributed by atoms with Crippen LogP contribution in [0.1, 0.15) is 6.42 Å². The van der Waals surface area contributed by atoms with Crippen molar-refractivity contribution < 1.29 is 4.79 Å². The fraction of sp³-hybridized carbons (Fsp3) is 0.500. The van der Waals surface area contributed by atoms with Crippen LogP contribution in [-0.4, -0.2) is 42.8 Å². The molecule has 0 spiro atoms. The lowest BCUT2D eigenvalue weighted by atomic mass is 10.3. The Kier molecular flexibility index (Phi) is 5.50. The number of rotatable bonds is 5. The Morgan fingerprint density at radius 3 is 2.88 bits per heavy atom. The van der Waals surface area contributed by atoms with Crippen LogP contribution in [0.5, 0.6) is 0 Å². The van der Waals surface area contributed by atoms with E-state index in [0.29, 0.717) is 23.3 Å². The third-order valence-electron chi connectivity index (χ3n) is 2.19. The summed E-state index contributed by atoms with van der Waals surface area (Å²) in [5.74, 6) is 0.723. The van der Waals surface area contributed by atoms with Gasteiger partial charge >= 0.3 is 0 Å². The van der Waals surface area contributed by atoms with Gasteiger partial charge in [0.05, 0.1) is 0 Å². The molecule has 0 atom stereocenters. The van der Waals surface area contributed by atoms with Gasteiger partial charge < -0.3 is 10.2 Å². The second-order valence-electron chi connectivity index (χ2n) is 3.38. The average molecular weight is 275 g/mol. The standard InChI is InChI=1S/C10H15ClN4OS/c1-12-9(16)4-5-15(2)8-6-7(11)13-10(14-8)17-3/h6H,4-5H2,1-3H3,(H,12,16). The molecule has 0 aromatic carbocycles.